The van der Waals surface area contributed by atoms with E-state index in [1.807, 2.05) is 0 Å². The second-order valence-electron chi connectivity index (χ2n) is 6.15. The molecule has 154 valence electrons. The summed E-state index contributed by atoms with van der Waals surface area (Å²) in [6.45, 7) is 0. The van der Waals surface area contributed by atoms with Gasteiger partial charge in [0.1, 0.15) is 0 Å². The highest BCUT2D eigenvalue weighted by Gasteiger charge is 2.35. The Bertz CT molecular complexity index is 1030. The molecule has 0 saturated heterocycles. The van der Waals surface area contributed by atoms with Gasteiger partial charge in [-0.25, -0.2) is 4.79 Å². The lowest BCUT2D eigenvalue weighted by atomic mass is 10.1. The third kappa shape index (κ3) is 4.37. The number of hydrogen-bond donors (Lipinski definition) is 2. The minimum absolute atomic E-state index is 0.0190. The van der Waals surface area contributed by atoms with Crippen LogP contribution in [0.5, 0.6) is 11.8 Å². The molecule has 1 fully saturated rings. The molecule has 11 nitrogen and oxygen atoms in total. The van der Waals surface area contributed by atoms with Gasteiger partial charge in [-0.2, -0.15) is 18.4 Å². The Morgan fingerprint density at radius 2 is 1.72 bits per heavy atom. The molecule has 12 heteroatoms. The van der Waals surface area contributed by atoms with Crippen LogP contribution in [0.25, 0.3) is 0 Å². The lowest BCUT2D eigenvalue weighted by Crippen LogP contribution is -2.45. The van der Waals surface area contributed by atoms with Gasteiger partial charge in [0.25, 0.3) is 5.95 Å². The van der Waals surface area contributed by atoms with Crippen molar-refractivity contribution in [1.82, 2.24) is 9.97 Å². The summed E-state index contributed by atoms with van der Waals surface area (Å²) in [6.07, 6.45) is 1.51. The van der Waals surface area contributed by atoms with Gasteiger partial charge in [-0.05, 0) is 25.0 Å². The molecule has 0 spiro atoms. The highest BCUT2D eigenvalue weighted by molar-refractivity contribution is 7.94. The van der Waals surface area contributed by atoms with E-state index in [0.29, 0.717) is 0 Å². The fourth-order valence-corrected chi connectivity index (χ4v) is 3.63. The molecule has 1 aromatic heterocycles. The summed E-state index contributed by atoms with van der Waals surface area (Å²) < 4.78 is 38.2. The summed E-state index contributed by atoms with van der Waals surface area (Å²) >= 11 is 0. The number of methoxy groups -OCH3 is 2. The van der Waals surface area contributed by atoms with Crippen LogP contribution in [0, 0.1) is 5.92 Å². The van der Waals surface area contributed by atoms with Gasteiger partial charge in [0.2, 0.25) is 11.8 Å². The third-order valence-electron chi connectivity index (χ3n) is 4.09. The first-order chi connectivity index (χ1) is 13.8. The van der Waals surface area contributed by atoms with Crippen molar-refractivity contribution < 1.29 is 27.5 Å². The van der Waals surface area contributed by atoms with Crippen molar-refractivity contribution in [2.45, 2.75) is 12.8 Å². The van der Waals surface area contributed by atoms with E-state index in [4.69, 9.17) is 15.2 Å². The Morgan fingerprint density at radius 1 is 1.14 bits per heavy atom. The molecular formula is C17H19N5O6S. The Kier molecular flexibility index (Phi) is 5.55. The van der Waals surface area contributed by atoms with Gasteiger partial charge < -0.3 is 15.2 Å². The summed E-state index contributed by atoms with van der Waals surface area (Å²) in [4.78, 5) is 32.1. The van der Waals surface area contributed by atoms with Gasteiger partial charge in [0, 0.05) is 11.5 Å². The average molecular weight is 421 g/mol. The lowest BCUT2D eigenvalue weighted by molar-refractivity contribution is 0.0968. The standard InChI is InChI=1S/C17H19N5O6S/c1-27-13-9-14(28-2)20-17(19-13)22(16(18)24)29(25,26)21-12-6-4-3-5-11(12)15(23)10-7-8-10/h3-6,9-10,21H,7-8H2,1-2H3,(H2,18,24). The van der Waals surface area contributed by atoms with Crippen molar-refractivity contribution >= 4 is 33.7 Å². The second kappa shape index (κ2) is 7.91. The van der Waals surface area contributed by atoms with E-state index in [0.717, 1.165) is 12.8 Å². The number of urea groups is 1. The van der Waals surface area contributed by atoms with Crippen LogP contribution in [-0.4, -0.2) is 44.4 Å². The van der Waals surface area contributed by atoms with Gasteiger partial charge >= 0.3 is 16.2 Å². The largest absolute Gasteiger partial charge is 0.481 e. The van der Waals surface area contributed by atoms with E-state index in [-0.39, 0.29) is 39.0 Å². The minimum atomic E-state index is -4.62. The van der Waals surface area contributed by atoms with Crippen LogP contribution in [0.4, 0.5) is 16.4 Å². The maximum absolute atomic E-state index is 12.9. The fourth-order valence-electron chi connectivity index (χ4n) is 2.55. The number of carbonyl (C=O) groups is 2. The molecule has 0 aliphatic heterocycles. The Labute approximate surface area is 167 Å². The van der Waals surface area contributed by atoms with Crippen LogP contribution in [-0.2, 0) is 10.2 Å². The Morgan fingerprint density at radius 3 is 2.24 bits per heavy atom. The molecule has 2 aromatic rings. The normalized spacial score (nSPS) is 13.4. The molecular weight excluding hydrogens is 402 g/mol. The number of nitrogens with two attached hydrogens (primary N) is 1. The number of primary amides is 1. The van der Waals surface area contributed by atoms with Crippen molar-refractivity contribution in [2.75, 3.05) is 23.2 Å². The number of ether oxygens (including phenoxy) is 2. The van der Waals surface area contributed by atoms with E-state index in [1.165, 1.54) is 32.4 Å². The maximum Gasteiger partial charge on any atom is 0.337 e. The van der Waals surface area contributed by atoms with Crippen molar-refractivity contribution in [3.05, 3.63) is 35.9 Å². The van der Waals surface area contributed by atoms with Crippen LogP contribution in [0.3, 0.4) is 0 Å². The van der Waals surface area contributed by atoms with E-state index in [9.17, 15) is 18.0 Å². The number of benzene rings is 1. The monoisotopic (exact) mass is 421 g/mol. The predicted molar refractivity (Wildman–Crippen MR) is 103 cm³/mol. The van der Waals surface area contributed by atoms with Gasteiger partial charge in [-0.3, -0.25) is 9.52 Å². The number of nitrogens with one attached hydrogen (secondary N) is 1. The third-order valence-corrected chi connectivity index (χ3v) is 5.39. The SMILES string of the molecule is COc1cc(OC)nc(N(C(N)=O)S(=O)(=O)Nc2ccccc2C(=O)C2CC2)n1. The average Bonchev–Trinajstić information content (AvgIpc) is 3.52. The van der Waals surface area contributed by atoms with E-state index in [2.05, 4.69) is 14.7 Å². The zero-order valence-electron chi connectivity index (χ0n) is 15.7. The van der Waals surface area contributed by atoms with Crippen molar-refractivity contribution in [2.24, 2.45) is 11.7 Å². The zero-order valence-corrected chi connectivity index (χ0v) is 16.5. The molecule has 3 rings (SSSR count). The molecule has 0 radical (unpaired) electrons. The smallest absolute Gasteiger partial charge is 0.337 e. The van der Waals surface area contributed by atoms with Crippen molar-refractivity contribution in [3.63, 3.8) is 0 Å². The number of hydrogen-bond acceptors (Lipinski definition) is 8. The van der Waals surface area contributed by atoms with Crippen LogP contribution in [0.2, 0.25) is 0 Å². The van der Waals surface area contributed by atoms with Crippen LogP contribution in [0.1, 0.15) is 23.2 Å². The summed E-state index contributed by atoms with van der Waals surface area (Å²) in [5, 5.41) is 0. The summed E-state index contributed by atoms with van der Waals surface area (Å²) in [6, 6.07) is 6.04. The topological polar surface area (TPSA) is 154 Å². The zero-order chi connectivity index (χ0) is 21.2. The van der Waals surface area contributed by atoms with E-state index in [1.54, 1.807) is 12.1 Å². The molecule has 1 saturated carbocycles. The molecule has 1 aliphatic carbocycles. The molecule has 3 N–H and O–H groups in total. The molecule has 1 heterocycles. The second-order valence-corrected chi connectivity index (χ2v) is 7.67. The number of amides is 2. The van der Waals surface area contributed by atoms with Gasteiger partial charge in [0.05, 0.1) is 26.0 Å². The van der Waals surface area contributed by atoms with Crippen LogP contribution >= 0.6 is 0 Å². The predicted octanol–water partition coefficient (Wildman–Crippen LogP) is 1.33. The maximum atomic E-state index is 12.9. The quantitative estimate of drug-likeness (QED) is 0.605. The first kappa shape index (κ1) is 20.3. The Hall–Kier alpha value is -3.41. The minimum Gasteiger partial charge on any atom is -0.481 e. The number of rotatable bonds is 8. The highest BCUT2D eigenvalue weighted by Crippen LogP contribution is 2.35. The summed E-state index contributed by atoms with van der Waals surface area (Å²) in [7, 11) is -2.02. The van der Waals surface area contributed by atoms with Gasteiger partial charge in [-0.1, -0.05) is 12.1 Å². The van der Waals surface area contributed by atoms with Crippen LogP contribution < -0.4 is 24.2 Å². The molecule has 29 heavy (non-hydrogen) atoms. The molecule has 1 aliphatic rings. The number of nitrogens with zero attached hydrogens (tertiary/aromatic N) is 3. The van der Waals surface area contributed by atoms with Crippen molar-refractivity contribution in [1.29, 1.82) is 0 Å². The highest BCUT2D eigenvalue weighted by atomic mass is 32.2. The number of anilines is 2. The molecule has 1 aromatic carbocycles. The van der Waals surface area contributed by atoms with Crippen molar-refractivity contribution in [3.8, 4) is 11.8 Å². The first-order valence-corrected chi connectivity index (χ1v) is 9.93. The summed E-state index contributed by atoms with van der Waals surface area (Å²) in [5.74, 6) is -0.963. The lowest BCUT2D eigenvalue weighted by Gasteiger charge is -2.20. The van der Waals surface area contributed by atoms with Gasteiger partial charge in [0.15, 0.2) is 5.78 Å². The fraction of sp³-hybridized carbons (Fsp3) is 0.294. The number of ketones is 1. The number of aromatic nitrogens is 2. The molecule has 0 unspecified atom stereocenters. The van der Waals surface area contributed by atoms with E-state index >= 15 is 0 Å². The molecule has 0 atom stereocenters. The summed E-state index contributed by atoms with van der Waals surface area (Å²) in [5.41, 5.74) is 5.51. The number of Topliss-reactive ketones (excluding diaryl/α,β-unsaturated/α-hetero) is 1. The first-order valence-electron chi connectivity index (χ1n) is 8.49. The number of carbonyl (C=O) groups excluding carboxylic acids is 2. The Balaban J connectivity index is 2.01. The van der Waals surface area contributed by atoms with E-state index < -0.39 is 22.2 Å². The molecule has 0 bridgehead atoms. The molecule has 2 amide bonds. The van der Waals surface area contributed by atoms with Gasteiger partial charge in [-0.15, -0.1) is 4.31 Å². The number of para-hydroxylation sites is 1. The van der Waals surface area contributed by atoms with Crippen LogP contribution in [0.15, 0.2) is 30.3 Å².